The summed E-state index contributed by atoms with van der Waals surface area (Å²) < 4.78 is 37.4. The highest BCUT2D eigenvalue weighted by atomic mass is 19.4. The number of aliphatic hydroxyl groups is 1. The zero-order valence-electron chi connectivity index (χ0n) is 18.6. The quantitative estimate of drug-likeness (QED) is 0.636. The van der Waals surface area contributed by atoms with Crippen molar-refractivity contribution in [3.8, 4) is 0 Å². The van der Waals surface area contributed by atoms with Crippen LogP contribution in [0.1, 0.15) is 32.1 Å². The molecule has 0 spiro atoms. The first-order valence-electron chi connectivity index (χ1n) is 11.5. The minimum Gasteiger partial charge on any atom is -0.390 e. The van der Waals surface area contributed by atoms with Crippen molar-refractivity contribution >= 4 is 23.5 Å². The summed E-state index contributed by atoms with van der Waals surface area (Å²) in [5, 5.41) is 11.0. The van der Waals surface area contributed by atoms with Gasteiger partial charge in [-0.15, -0.1) is 0 Å². The first kappa shape index (κ1) is 24.3. The van der Waals surface area contributed by atoms with E-state index in [1.807, 2.05) is 30.3 Å². The van der Waals surface area contributed by atoms with Gasteiger partial charge in [0.2, 0.25) is 5.91 Å². The van der Waals surface area contributed by atoms with Gasteiger partial charge in [0.15, 0.2) is 0 Å². The summed E-state index contributed by atoms with van der Waals surface area (Å²) in [5.41, 5.74) is 1.47. The molecule has 1 heterocycles. The van der Waals surface area contributed by atoms with Gasteiger partial charge in [0.25, 0.3) is 5.91 Å². The smallest absolute Gasteiger partial charge is 0.390 e. The zero-order chi connectivity index (χ0) is 24.5. The number of carbonyl (C=O) groups excluding carboxylic acids is 3. The average Bonchev–Trinajstić information content (AvgIpc) is 3.68. The topological polar surface area (TPSA) is 99.2 Å². The summed E-state index contributed by atoms with van der Waals surface area (Å²) in [6, 6.07) is 9.77. The zero-order valence-corrected chi connectivity index (χ0v) is 18.6. The van der Waals surface area contributed by atoms with Crippen LogP contribution in [0.3, 0.4) is 0 Å². The largest absolute Gasteiger partial charge is 0.493 e. The number of carbonyl (C=O) groups is 3. The van der Waals surface area contributed by atoms with Gasteiger partial charge in [-0.25, -0.2) is 4.79 Å². The highest BCUT2D eigenvalue weighted by molar-refractivity contribution is 5.88. The van der Waals surface area contributed by atoms with E-state index in [0.717, 1.165) is 18.5 Å². The number of nitrogens with zero attached hydrogens (tertiary/aromatic N) is 2. The number of rotatable bonds is 4. The highest BCUT2D eigenvalue weighted by Gasteiger charge is 2.53. The lowest BCUT2D eigenvalue weighted by Gasteiger charge is -2.43. The second-order valence-corrected chi connectivity index (χ2v) is 9.34. The Kier molecular flexibility index (Phi) is 6.75. The molecule has 11 heteroatoms. The van der Waals surface area contributed by atoms with E-state index in [1.54, 1.807) is 10.4 Å². The third-order valence-corrected chi connectivity index (χ3v) is 7.13. The van der Waals surface area contributed by atoms with Crippen LogP contribution in [0.5, 0.6) is 0 Å². The van der Waals surface area contributed by atoms with Crippen molar-refractivity contribution in [2.45, 2.75) is 43.9 Å². The molecule has 34 heavy (non-hydrogen) atoms. The molecule has 0 aromatic heterocycles. The Morgan fingerprint density at radius 1 is 1.00 bits per heavy atom. The first-order chi connectivity index (χ1) is 16.1. The predicted molar refractivity (Wildman–Crippen MR) is 114 cm³/mol. The van der Waals surface area contributed by atoms with Crippen LogP contribution < -0.4 is 10.4 Å². The van der Waals surface area contributed by atoms with Crippen LogP contribution in [-0.4, -0.2) is 65.7 Å². The van der Waals surface area contributed by atoms with Gasteiger partial charge >= 0.3 is 12.1 Å². The van der Waals surface area contributed by atoms with Gasteiger partial charge in [-0.05, 0) is 50.2 Å². The molecule has 8 nitrogen and oxygen atoms in total. The van der Waals surface area contributed by atoms with Crippen molar-refractivity contribution in [1.29, 1.82) is 0 Å². The molecule has 1 aromatic carbocycles. The molecular weight excluding hydrogens is 455 g/mol. The summed E-state index contributed by atoms with van der Waals surface area (Å²) in [4.78, 5) is 44.9. The molecular formula is C23H28F3N3O5. The number of hydroxylamine groups is 1. The maximum Gasteiger partial charge on any atom is 0.493 e. The SMILES string of the molecule is O=C(NOC(=O)C(F)(F)F)[C@H]1C[C@@](O)(C2CC2)CC[C@@H]1C(=O)N1CCN(c2ccccc2)CC1. The molecule has 0 radical (unpaired) electrons. The fourth-order valence-corrected chi connectivity index (χ4v) is 5.08. The summed E-state index contributed by atoms with van der Waals surface area (Å²) in [6.45, 7) is 2.09. The molecule has 1 aliphatic heterocycles. The second-order valence-electron chi connectivity index (χ2n) is 9.34. The van der Waals surface area contributed by atoms with Crippen LogP contribution >= 0.6 is 0 Å². The van der Waals surface area contributed by atoms with Crippen LogP contribution in [-0.2, 0) is 19.2 Å². The lowest BCUT2D eigenvalue weighted by atomic mass is 9.69. The molecule has 0 bridgehead atoms. The van der Waals surface area contributed by atoms with Crippen molar-refractivity contribution in [3.63, 3.8) is 0 Å². The third-order valence-electron chi connectivity index (χ3n) is 7.13. The van der Waals surface area contributed by atoms with Crippen molar-refractivity contribution < 1.29 is 37.5 Å². The molecule has 2 aliphatic carbocycles. The Hall–Kier alpha value is -2.82. The van der Waals surface area contributed by atoms with Crippen molar-refractivity contribution in [3.05, 3.63) is 30.3 Å². The minimum atomic E-state index is -5.26. The first-order valence-corrected chi connectivity index (χ1v) is 11.5. The predicted octanol–water partition coefficient (Wildman–Crippen LogP) is 2.03. The lowest BCUT2D eigenvalue weighted by Crippen LogP contribution is -2.55. The fraction of sp³-hybridized carbons (Fsp3) is 0.609. The Labute approximate surface area is 195 Å². The maximum absolute atomic E-state index is 13.4. The van der Waals surface area contributed by atoms with Gasteiger partial charge < -0.3 is 19.7 Å². The number of benzene rings is 1. The van der Waals surface area contributed by atoms with E-state index in [4.69, 9.17) is 0 Å². The van der Waals surface area contributed by atoms with E-state index < -0.39 is 35.5 Å². The van der Waals surface area contributed by atoms with Gasteiger partial charge in [-0.2, -0.15) is 18.7 Å². The standard InChI is InChI=1S/C23H28F3N3O5/c24-23(25,26)21(32)34-27-19(30)18-14-22(33,15-6-7-15)9-8-17(18)20(31)29-12-10-28(11-13-29)16-4-2-1-3-5-16/h1-5,15,17-18,33H,6-14H2,(H,27,30)/t17-,18-,22+/m0/s1. The van der Waals surface area contributed by atoms with Crippen LogP contribution in [0.4, 0.5) is 18.9 Å². The number of hydrogen-bond donors (Lipinski definition) is 2. The Balaban J connectivity index is 1.42. The van der Waals surface area contributed by atoms with Gasteiger partial charge in [0.05, 0.1) is 17.4 Å². The lowest BCUT2D eigenvalue weighted by molar-refractivity contribution is -0.208. The van der Waals surface area contributed by atoms with Gasteiger partial charge in [-0.1, -0.05) is 18.2 Å². The minimum absolute atomic E-state index is 0.00555. The Morgan fingerprint density at radius 2 is 1.65 bits per heavy atom. The van der Waals surface area contributed by atoms with Crippen LogP contribution in [0.25, 0.3) is 0 Å². The maximum atomic E-state index is 13.4. The number of alkyl halides is 3. The van der Waals surface area contributed by atoms with Gasteiger partial charge in [0, 0.05) is 31.9 Å². The third kappa shape index (κ3) is 5.29. The number of amides is 2. The van der Waals surface area contributed by atoms with Crippen molar-refractivity contribution in [2.75, 3.05) is 31.1 Å². The summed E-state index contributed by atoms with van der Waals surface area (Å²) in [7, 11) is 0. The van der Waals surface area contributed by atoms with Gasteiger partial charge in [0.1, 0.15) is 0 Å². The summed E-state index contributed by atoms with van der Waals surface area (Å²) in [6.07, 6.45) is -3.15. The molecule has 0 unspecified atom stereocenters. The van der Waals surface area contributed by atoms with Crippen molar-refractivity contribution in [2.24, 2.45) is 17.8 Å². The molecule has 1 aromatic rings. The van der Waals surface area contributed by atoms with E-state index in [-0.39, 0.29) is 24.7 Å². The molecule has 3 aliphatic rings. The highest BCUT2D eigenvalue weighted by Crippen LogP contribution is 2.50. The van der Waals surface area contributed by atoms with Crippen molar-refractivity contribution in [1.82, 2.24) is 10.4 Å². The second kappa shape index (κ2) is 9.44. The number of hydrogen-bond acceptors (Lipinski definition) is 6. The van der Waals surface area contributed by atoms with E-state index in [9.17, 15) is 32.7 Å². The normalized spacial score (nSPS) is 27.8. The molecule has 1 saturated heterocycles. The Morgan fingerprint density at radius 3 is 2.24 bits per heavy atom. The molecule has 186 valence electrons. The van der Waals surface area contributed by atoms with Crippen LogP contribution in [0, 0.1) is 17.8 Å². The molecule has 2 amide bonds. The summed E-state index contributed by atoms with van der Waals surface area (Å²) >= 11 is 0. The monoisotopic (exact) mass is 483 g/mol. The number of halogens is 3. The van der Waals surface area contributed by atoms with Crippen LogP contribution in [0.15, 0.2) is 30.3 Å². The fourth-order valence-electron chi connectivity index (χ4n) is 5.08. The van der Waals surface area contributed by atoms with Crippen LogP contribution in [0.2, 0.25) is 0 Å². The number of nitrogens with one attached hydrogen (secondary N) is 1. The summed E-state index contributed by atoms with van der Waals surface area (Å²) in [5.74, 6) is -5.72. The van der Waals surface area contributed by atoms with E-state index in [2.05, 4.69) is 9.74 Å². The number of anilines is 1. The molecule has 2 N–H and O–H groups in total. The number of piperazine rings is 1. The van der Waals surface area contributed by atoms with Gasteiger partial charge in [-0.3, -0.25) is 9.59 Å². The molecule has 3 fully saturated rings. The van der Waals surface area contributed by atoms with E-state index in [1.165, 1.54) is 0 Å². The molecule has 4 rings (SSSR count). The van der Waals surface area contributed by atoms with E-state index in [0.29, 0.717) is 32.6 Å². The number of para-hydroxylation sites is 1. The average molecular weight is 483 g/mol. The Bertz CT molecular complexity index is 916. The van der Waals surface area contributed by atoms with E-state index >= 15 is 0 Å². The molecule has 3 atom stereocenters. The molecule has 2 saturated carbocycles.